The zero-order valence-electron chi connectivity index (χ0n) is 15.5. The Hall–Kier alpha value is -2.97. The third-order valence-corrected chi connectivity index (χ3v) is 5.31. The fraction of sp³-hybridized carbons (Fsp3) is 0.200. The molecule has 1 aromatic heterocycles. The predicted molar refractivity (Wildman–Crippen MR) is 106 cm³/mol. The molecule has 146 valence electrons. The summed E-state index contributed by atoms with van der Waals surface area (Å²) in [7, 11) is -1.94. The van der Waals surface area contributed by atoms with Crippen LogP contribution in [0.3, 0.4) is 0 Å². The first-order chi connectivity index (χ1) is 13.3. The van der Waals surface area contributed by atoms with Crippen molar-refractivity contribution < 1.29 is 13.2 Å². The van der Waals surface area contributed by atoms with E-state index in [1.807, 2.05) is 36.5 Å². The molecular formula is C20H22N4O3S. The molecule has 1 heterocycles. The number of carbonyl (C=O) groups is 1. The molecule has 0 aliphatic rings. The van der Waals surface area contributed by atoms with Gasteiger partial charge in [-0.1, -0.05) is 30.3 Å². The molecule has 3 rings (SSSR count). The minimum atomic E-state index is -3.70. The molecule has 3 aromatic rings. The van der Waals surface area contributed by atoms with Gasteiger partial charge in [0.05, 0.1) is 16.8 Å². The number of benzene rings is 2. The highest BCUT2D eigenvalue weighted by atomic mass is 32.2. The van der Waals surface area contributed by atoms with Gasteiger partial charge in [-0.05, 0) is 36.2 Å². The number of aryl methyl sites for hydroxylation is 1. The van der Waals surface area contributed by atoms with Gasteiger partial charge in [0.25, 0.3) is 0 Å². The summed E-state index contributed by atoms with van der Waals surface area (Å²) in [6.07, 6.45) is 4.52. The van der Waals surface area contributed by atoms with Gasteiger partial charge in [0.1, 0.15) is 0 Å². The minimum absolute atomic E-state index is 0.00276. The first kappa shape index (κ1) is 19.8. The number of rotatable bonds is 7. The van der Waals surface area contributed by atoms with Crippen molar-refractivity contribution in [2.75, 3.05) is 7.05 Å². The molecule has 0 spiro atoms. The zero-order chi connectivity index (χ0) is 20.1. The van der Waals surface area contributed by atoms with Crippen molar-refractivity contribution in [1.29, 1.82) is 0 Å². The van der Waals surface area contributed by atoms with Crippen molar-refractivity contribution >= 4 is 15.9 Å². The Bertz CT molecular complexity index is 1040. The third-order valence-electron chi connectivity index (χ3n) is 4.38. The van der Waals surface area contributed by atoms with E-state index < -0.39 is 10.0 Å². The lowest BCUT2D eigenvalue weighted by molar-refractivity contribution is -0.130. The molecule has 0 radical (unpaired) electrons. The van der Waals surface area contributed by atoms with Crippen LogP contribution in [0, 0.1) is 0 Å². The minimum Gasteiger partial charge on any atom is -0.341 e. The monoisotopic (exact) mass is 398 g/mol. The Morgan fingerprint density at radius 3 is 2.39 bits per heavy atom. The lowest BCUT2D eigenvalue weighted by Crippen LogP contribution is -2.26. The molecule has 0 atom stereocenters. The van der Waals surface area contributed by atoms with Gasteiger partial charge in [-0.25, -0.2) is 18.2 Å². The highest BCUT2D eigenvalue weighted by molar-refractivity contribution is 7.89. The average molecular weight is 398 g/mol. The van der Waals surface area contributed by atoms with Gasteiger partial charge in [-0.15, -0.1) is 0 Å². The summed E-state index contributed by atoms with van der Waals surface area (Å²) >= 11 is 0. The molecule has 28 heavy (non-hydrogen) atoms. The summed E-state index contributed by atoms with van der Waals surface area (Å²) in [4.78, 5) is 14.1. The van der Waals surface area contributed by atoms with Gasteiger partial charge in [0.2, 0.25) is 15.9 Å². The lowest BCUT2D eigenvalue weighted by Gasteiger charge is -2.16. The van der Waals surface area contributed by atoms with E-state index in [0.717, 1.165) is 16.8 Å². The van der Waals surface area contributed by atoms with E-state index in [9.17, 15) is 13.2 Å². The van der Waals surface area contributed by atoms with Crippen LogP contribution < -0.4 is 5.14 Å². The molecule has 0 saturated carbocycles. The number of hydrogen-bond donors (Lipinski definition) is 1. The summed E-state index contributed by atoms with van der Waals surface area (Å²) in [5.74, 6) is 0.00276. The molecule has 0 aliphatic carbocycles. The number of amides is 1. The van der Waals surface area contributed by atoms with Crippen LogP contribution in [0.25, 0.3) is 5.69 Å². The summed E-state index contributed by atoms with van der Waals surface area (Å²) < 4.78 is 24.3. The maximum Gasteiger partial charge on any atom is 0.238 e. The molecule has 0 unspecified atom stereocenters. The number of nitrogens with two attached hydrogens (primary N) is 1. The van der Waals surface area contributed by atoms with E-state index in [-0.39, 0.29) is 10.8 Å². The van der Waals surface area contributed by atoms with Crippen LogP contribution >= 0.6 is 0 Å². The Balaban J connectivity index is 1.54. The molecule has 0 bridgehead atoms. The van der Waals surface area contributed by atoms with E-state index in [1.165, 1.54) is 12.1 Å². The number of aromatic nitrogens is 2. The summed E-state index contributed by atoms with van der Waals surface area (Å²) in [5, 5.41) is 9.43. The van der Waals surface area contributed by atoms with E-state index in [1.54, 1.807) is 35.0 Å². The van der Waals surface area contributed by atoms with Gasteiger partial charge < -0.3 is 4.90 Å². The van der Waals surface area contributed by atoms with Crippen LogP contribution in [-0.2, 0) is 27.8 Å². The molecule has 7 nitrogen and oxygen atoms in total. The molecule has 0 saturated heterocycles. The van der Waals surface area contributed by atoms with Gasteiger partial charge in [-0.2, -0.15) is 5.10 Å². The highest BCUT2D eigenvalue weighted by Gasteiger charge is 2.12. The van der Waals surface area contributed by atoms with E-state index in [2.05, 4.69) is 5.10 Å². The quantitative estimate of drug-likeness (QED) is 0.659. The van der Waals surface area contributed by atoms with Crippen LogP contribution in [0.5, 0.6) is 0 Å². The number of carbonyl (C=O) groups excluding carboxylic acids is 1. The smallest absolute Gasteiger partial charge is 0.238 e. The van der Waals surface area contributed by atoms with Crippen molar-refractivity contribution in [3.8, 4) is 5.69 Å². The van der Waals surface area contributed by atoms with Crippen molar-refractivity contribution in [1.82, 2.24) is 14.7 Å². The summed E-state index contributed by atoms with van der Waals surface area (Å²) in [6, 6.07) is 16.0. The largest absolute Gasteiger partial charge is 0.341 e. The average Bonchev–Trinajstić information content (AvgIpc) is 3.15. The lowest BCUT2D eigenvalue weighted by atomic mass is 10.1. The second kappa shape index (κ2) is 8.37. The fourth-order valence-electron chi connectivity index (χ4n) is 2.81. The second-order valence-corrected chi connectivity index (χ2v) is 8.13. The SMILES string of the molecule is CN(Cc1cnn(-c2ccccc2)c1)C(=O)CCc1ccc(S(N)(=O)=O)cc1. The second-order valence-electron chi connectivity index (χ2n) is 6.57. The molecule has 1 amide bonds. The third kappa shape index (κ3) is 5.05. The molecule has 8 heteroatoms. The van der Waals surface area contributed by atoms with Crippen molar-refractivity contribution in [3.63, 3.8) is 0 Å². The standard InChI is InChI=1S/C20H22N4O3S/c1-23(14-17-13-22-24(15-17)18-5-3-2-4-6-18)20(25)12-9-16-7-10-19(11-8-16)28(21,26)27/h2-8,10-11,13,15H,9,12,14H2,1H3,(H2,21,26,27). The molecular weight excluding hydrogens is 376 g/mol. The summed E-state index contributed by atoms with van der Waals surface area (Å²) in [5.41, 5.74) is 2.79. The number of primary sulfonamides is 1. The number of sulfonamides is 1. The maximum atomic E-state index is 12.4. The number of para-hydroxylation sites is 1. The van der Waals surface area contributed by atoms with Crippen LogP contribution in [0.4, 0.5) is 0 Å². The zero-order valence-corrected chi connectivity index (χ0v) is 16.3. The van der Waals surface area contributed by atoms with Crippen molar-refractivity contribution in [2.24, 2.45) is 5.14 Å². The number of hydrogen-bond acceptors (Lipinski definition) is 4. The Morgan fingerprint density at radius 1 is 1.07 bits per heavy atom. The Kier molecular flexibility index (Phi) is 5.91. The van der Waals surface area contributed by atoms with Crippen LogP contribution in [0.15, 0.2) is 71.9 Å². The molecule has 2 aromatic carbocycles. The van der Waals surface area contributed by atoms with Crippen LogP contribution in [-0.4, -0.2) is 36.1 Å². The van der Waals surface area contributed by atoms with E-state index in [0.29, 0.717) is 19.4 Å². The first-order valence-corrected chi connectivity index (χ1v) is 10.3. The van der Waals surface area contributed by atoms with E-state index in [4.69, 9.17) is 5.14 Å². The fourth-order valence-corrected chi connectivity index (χ4v) is 3.33. The highest BCUT2D eigenvalue weighted by Crippen LogP contribution is 2.12. The van der Waals surface area contributed by atoms with Gasteiger partial charge >= 0.3 is 0 Å². The topological polar surface area (TPSA) is 98.3 Å². The molecule has 0 fully saturated rings. The molecule has 0 aliphatic heterocycles. The molecule has 2 N–H and O–H groups in total. The first-order valence-electron chi connectivity index (χ1n) is 8.77. The normalized spacial score (nSPS) is 11.4. The Labute approximate surface area is 164 Å². The van der Waals surface area contributed by atoms with Crippen molar-refractivity contribution in [3.05, 3.63) is 78.1 Å². The predicted octanol–water partition coefficient (Wildman–Crippen LogP) is 2.11. The van der Waals surface area contributed by atoms with E-state index >= 15 is 0 Å². The van der Waals surface area contributed by atoms with Gasteiger partial charge in [0, 0.05) is 31.8 Å². The van der Waals surface area contributed by atoms with Gasteiger partial charge in [0.15, 0.2) is 0 Å². The Morgan fingerprint density at radius 2 is 1.75 bits per heavy atom. The maximum absolute atomic E-state index is 12.4. The van der Waals surface area contributed by atoms with Gasteiger partial charge in [-0.3, -0.25) is 4.79 Å². The van der Waals surface area contributed by atoms with Crippen molar-refractivity contribution in [2.45, 2.75) is 24.3 Å². The number of nitrogens with zero attached hydrogens (tertiary/aromatic N) is 3. The van der Waals surface area contributed by atoms with Crippen LogP contribution in [0.2, 0.25) is 0 Å². The summed E-state index contributed by atoms with van der Waals surface area (Å²) in [6.45, 7) is 0.468. The van der Waals surface area contributed by atoms with Crippen LogP contribution in [0.1, 0.15) is 17.5 Å².